The van der Waals surface area contributed by atoms with Gasteiger partial charge < -0.3 is 20.0 Å². The fourth-order valence-electron chi connectivity index (χ4n) is 3.14. The number of rotatable bonds is 10. The lowest BCUT2D eigenvalue weighted by Crippen LogP contribution is -2.13. The van der Waals surface area contributed by atoms with Crippen LogP contribution in [0.5, 0.6) is 11.5 Å². The van der Waals surface area contributed by atoms with Gasteiger partial charge in [-0.05, 0) is 69.0 Å². The Bertz CT molecular complexity index is 954. The fraction of sp³-hybridized carbons (Fsp3) is 0.333. The van der Waals surface area contributed by atoms with Crippen LogP contribution in [0.4, 0.5) is 5.82 Å². The van der Waals surface area contributed by atoms with Crippen LogP contribution in [-0.2, 0) is 11.2 Å². The average Bonchev–Trinajstić information content (AvgIpc) is 2.71. The Hall–Kier alpha value is -3.08. The molecule has 1 aromatic heterocycles. The quantitative estimate of drug-likeness (QED) is 0.493. The summed E-state index contributed by atoms with van der Waals surface area (Å²) in [4.78, 5) is 15.5. The van der Waals surface area contributed by atoms with Gasteiger partial charge in [-0.25, -0.2) is 4.98 Å². The van der Waals surface area contributed by atoms with E-state index in [1.165, 1.54) is 0 Å². The maximum atomic E-state index is 11.1. The molecule has 0 saturated carbocycles. The van der Waals surface area contributed by atoms with Crippen LogP contribution in [0.3, 0.4) is 0 Å². The summed E-state index contributed by atoms with van der Waals surface area (Å²) in [6.07, 6.45) is 3.15. The lowest BCUT2D eigenvalue weighted by atomic mass is 10.1. The van der Waals surface area contributed by atoms with Crippen molar-refractivity contribution in [2.24, 2.45) is 0 Å². The molecular weight excluding hydrogens is 364 g/mol. The van der Waals surface area contributed by atoms with Crippen LogP contribution in [0.25, 0.3) is 10.9 Å². The molecule has 2 aromatic carbocycles. The first-order valence-electron chi connectivity index (χ1n) is 10.0. The van der Waals surface area contributed by atoms with E-state index in [0.29, 0.717) is 18.8 Å². The van der Waals surface area contributed by atoms with Crippen molar-refractivity contribution in [3.05, 3.63) is 60.2 Å². The lowest BCUT2D eigenvalue weighted by Gasteiger charge is -2.16. The van der Waals surface area contributed by atoms with Gasteiger partial charge >= 0.3 is 0 Å². The summed E-state index contributed by atoms with van der Waals surface area (Å²) in [5.74, 6) is 2.30. The number of benzene rings is 2. The predicted octanol–water partition coefficient (Wildman–Crippen LogP) is 4.97. The highest BCUT2D eigenvalue weighted by molar-refractivity contribution is 5.85. The van der Waals surface area contributed by atoms with E-state index in [2.05, 4.69) is 11.9 Å². The summed E-state index contributed by atoms with van der Waals surface area (Å²) in [6, 6.07) is 17.6. The van der Waals surface area contributed by atoms with Gasteiger partial charge in [-0.15, -0.1) is 0 Å². The Morgan fingerprint density at radius 1 is 1.10 bits per heavy atom. The maximum Gasteiger partial charge on any atom is 0.146 e. The molecule has 1 unspecified atom stereocenters. The molecule has 1 heterocycles. The molecule has 5 heteroatoms. The topological polar surface area (TPSA) is 74.4 Å². The Morgan fingerprint density at radius 2 is 1.90 bits per heavy atom. The van der Waals surface area contributed by atoms with Gasteiger partial charge in [0.2, 0.25) is 0 Å². The molecule has 0 fully saturated rings. The molecule has 3 rings (SSSR count). The van der Waals surface area contributed by atoms with Gasteiger partial charge in [0.1, 0.15) is 28.6 Å². The van der Waals surface area contributed by atoms with E-state index < -0.39 is 0 Å². The smallest absolute Gasteiger partial charge is 0.146 e. The molecule has 152 valence electrons. The standard InChI is InChI=1S/C24H28N2O3/c1-17(27)8-9-19-10-13-21(14-11-19)28-16-4-5-18(2)29-22-7-3-6-20-12-15-23(25)26-24(20)22/h3,6-7,10-15,18H,4-5,8-9,16H2,1-2H3,(H2,25,26). The highest BCUT2D eigenvalue weighted by atomic mass is 16.5. The van der Waals surface area contributed by atoms with Crippen LogP contribution in [0.2, 0.25) is 0 Å². The highest BCUT2D eigenvalue weighted by Crippen LogP contribution is 2.26. The summed E-state index contributed by atoms with van der Waals surface area (Å²) in [7, 11) is 0. The first kappa shape index (κ1) is 20.6. The van der Waals surface area contributed by atoms with E-state index in [4.69, 9.17) is 15.2 Å². The van der Waals surface area contributed by atoms with E-state index in [-0.39, 0.29) is 11.9 Å². The van der Waals surface area contributed by atoms with Gasteiger partial charge in [0.25, 0.3) is 0 Å². The number of nitrogen functional groups attached to an aromatic ring is 1. The molecule has 0 aliphatic rings. The third kappa shape index (κ3) is 6.21. The number of para-hydroxylation sites is 1. The fourth-order valence-corrected chi connectivity index (χ4v) is 3.14. The third-order valence-electron chi connectivity index (χ3n) is 4.75. The number of anilines is 1. The number of fused-ring (bicyclic) bond motifs is 1. The Kier molecular flexibility index (Phi) is 7.06. The first-order chi connectivity index (χ1) is 14.0. The minimum absolute atomic E-state index is 0.0430. The second-order valence-electron chi connectivity index (χ2n) is 7.33. The zero-order chi connectivity index (χ0) is 20.6. The molecule has 3 aromatic rings. The number of aryl methyl sites for hydroxylation is 1. The largest absolute Gasteiger partial charge is 0.494 e. The van der Waals surface area contributed by atoms with Gasteiger partial charge in [0.05, 0.1) is 12.7 Å². The Labute approximate surface area is 171 Å². The van der Waals surface area contributed by atoms with Crippen LogP contribution in [-0.4, -0.2) is 23.5 Å². The molecule has 2 N–H and O–H groups in total. The molecule has 0 aliphatic carbocycles. The molecular formula is C24H28N2O3. The van der Waals surface area contributed by atoms with Crippen molar-refractivity contribution in [3.63, 3.8) is 0 Å². The van der Waals surface area contributed by atoms with Crippen molar-refractivity contribution < 1.29 is 14.3 Å². The third-order valence-corrected chi connectivity index (χ3v) is 4.75. The molecule has 5 nitrogen and oxygen atoms in total. The number of hydrogen-bond donors (Lipinski definition) is 1. The van der Waals surface area contributed by atoms with E-state index in [1.807, 2.05) is 48.5 Å². The first-order valence-corrected chi connectivity index (χ1v) is 10.0. The number of carbonyl (C=O) groups is 1. The minimum atomic E-state index is 0.0430. The second-order valence-corrected chi connectivity index (χ2v) is 7.33. The number of ketones is 1. The Morgan fingerprint density at radius 3 is 2.66 bits per heavy atom. The number of nitrogens with two attached hydrogens (primary N) is 1. The van der Waals surface area contributed by atoms with Crippen molar-refractivity contribution in [3.8, 4) is 11.5 Å². The van der Waals surface area contributed by atoms with Gasteiger partial charge in [-0.3, -0.25) is 0 Å². The second kappa shape index (κ2) is 9.92. The van der Waals surface area contributed by atoms with Crippen molar-refractivity contribution >= 4 is 22.5 Å². The summed E-state index contributed by atoms with van der Waals surface area (Å²) in [5, 5.41) is 1.01. The molecule has 0 spiro atoms. The van der Waals surface area contributed by atoms with Crippen LogP contribution in [0.1, 0.15) is 38.7 Å². The van der Waals surface area contributed by atoms with Crippen molar-refractivity contribution in [1.82, 2.24) is 4.98 Å². The average molecular weight is 392 g/mol. The Balaban J connectivity index is 1.44. The summed E-state index contributed by atoms with van der Waals surface area (Å²) in [6.45, 7) is 4.30. The van der Waals surface area contributed by atoms with E-state index >= 15 is 0 Å². The van der Waals surface area contributed by atoms with E-state index in [1.54, 1.807) is 13.0 Å². The number of carbonyl (C=O) groups excluding carboxylic acids is 1. The summed E-state index contributed by atoms with van der Waals surface area (Å²) < 4.78 is 11.9. The number of nitrogens with zero attached hydrogens (tertiary/aromatic N) is 1. The van der Waals surface area contributed by atoms with Crippen molar-refractivity contribution in [2.45, 2.75) is 45.6 Å². The number of Topliss-reactive ketones (excluding diaryl/α,β-unsaturated/α-hetero) is 1. The molecule has 29 heavy (non-hydrogen) atoms. The molecule has 0 bridgehead atoms. The molecule has 0 aliphatic heterocycles. The predicted molar refractivity (Wildman–Crippen MR) is 116 cm³/mol. The normalized spacial score (nSPS) is 11.9. The van der Waals surface area contributed by atoms with Crippen LogP contribution in [0, 0.1) is 0 Å². The van der Waals surface area contributed by atoms with Crippen LogP contribution < -0.4 is 15.2 Å². The summed E-state index contributed by atoms with van der Waals surface area (Å²) in [5.41, 5.74) is 7.76. The van der Waals surface area contributed by atoms with Crippen LogP contribution >= 0.6 is 0 Å². The number of aromatic nitrogens is 1. The SMILES string of the molecule is CC(=O)CCc1ccc(OCCCC(C)Oc2cccc3ccc(N)nc23)cc1. The highest BCUT2D eigenvalue weighted by Gasteiger charge is 2.09. The molecule has 1 atom stereocenters. The van der Waals surface area contributed by atoms with Gasteiger partial charge in [0.15, 0.2) is 0 Å². The van der Waals surface area contributed by atoms with E-state index in [9.17, 15) is 4.79 Å². The van der Waals surface area contributed by atoms with E-state index in [0.717, 1.165) is 47.2 Å². The van der Waals surface area contributed by atoms with Gasteiger partial charge in [0, 0.05) is 11.8 Å². The zero-order valence-electron chi connectivity index (χ0n) is 17.1. The molecule has 0 radical (unpaired) electrons. The van der Waals surface area contributed by atoms with Gasteiger partial charge in [-0.2, -0.15) is 0 Å². The van der Waals surface area contributed by atoms with Crippen molar-refractivity contribution in [1.29, 1.82) is 0 Å². The molecule has 0 amide bonds. The van der Waals surface area contributed by atoms with Gasteiger partial charge in [-0.1, -0.05) is 24.3 Å². The minimum Gasteiger partial charge on any atom is -0.494 e. The number of hydrogen-bond acceptors (Lipinski definition) is 5. The summed E-state index contributed by atoms with van der Waals surface area (Å²) >= 11 is 0. The number of ether oxygens (including phenoxy) is 2. The lowest BCUT2D eigenvalue weighted by molar-refractivity contribution is -0.116. The number of pyridine rings is 1. The maximum absolute atomic E-state index is 11.1. The zero-order valence-corrected chi connectivity index (χ0v) is 17.1. The monoisotopic (exact) mass is 392 g/mol. The molecule has 0 saturated heterocycles. The van der Waals surface area contributed by atoms with Crippen LogP contribution in [0.15, 0.2) is 54.6 Å². The van der Waals surface area contributed by atoms with Crippen molar-refractivity contribution in [2.75, 3.05) is 12.3 Å².